The number of allylic oxidation sites excluding steroid dienone is 1. The van der Waals surface area contributed by atoms with Crippen LogP contribution in [0.4, 0.5) is 0 Å². The molecule has 0 atom stereocenters. The Balaban J connectivity index is -0.000000320. The van der Waals surface area contributed by atoms with Crippen LogP contribution >= 0.6 is 7.82 Å². The molecule has 11 heavy (non-hydrogen) atoms. The van der Waals surface area contributed by atoms with E-state index in [0.29, 0.717) is 5.57 Å². The molecule has 0 aromatic carbocycles. The molecule has 7 heteroatoms. The van der Waals surface area contributed by atoms with Gasteiger partial charge in [0.05, 0.1) is 6.26 Å². The van der Waals surface area contributed by atoms with Crippen LogP contribution in [0.1, 0.15) is 13.8 Å². The van der Waals surface area contributed by atoms with Crippen molar-refractivity contribution in [2.24, 2.45) is 0 Å². The van der Waals surface area contributed by atoms with Gasteiger partial charge in [0.15, 0.2) is 0 Å². The first kappa shape index (κ1) is 18.5. The summed E-state index contributed by atoms with van der Waals surface area (Å²) < 4.78 is 13.5. The zero-order valence-electron chi connectivity index (χ0n) is 7.16. The van der Waals surface area contributed by atoms with E-state index in [2.05, 4.69) is 4.52 Å². The van der Waals surface area contributed by atoms with Crippen LogP contribution in [0.15, 0.2) is 11.8 Å². The van der Waals surface area contributed by atoms with E-state index in [0.717, 1.165) is 6.26 Å². The van der Waals surface area contributed by atoms with E-state index >= 15 is 0 Å². The third kappa shape index (κ3) is 18.6. The summed E-state index contributed by atoms with van der Waals surface area (Å²) in [4.78, 5) is 19.5. The SMILES string of the molecule is CC(C)=COP(=O)([O-])[O-].[Na+].[Na+]. The Kier molecular flexibility index (Phi) is 13.9. The molecule has 0 aliphatic heterocycles. The van der Waals surface area contributed by atoms with Crippen LogP contribution < -0.4 is 68.9 Å². The fourth-order valence-corrected chi connectivity index (χ4v) is 0.510. The third-order valence-corrected chi connectivity index (χ3v) is 0.781. The van der Waals surface area contributed by atoms with Gasteiger partial charge in [0.1, 0.15) is 7.82 Å². The van der Waals surface area contributed by atoms with Crippen LogP contribution in [0, 0.1) is 0 Å². The summed E-state index contributed by atoms with van der Waals surface area (Å²) in [6.45, 7) is 3.24. The first-order chi connectivity index (χ1) is 3.92. The molecule has 0 aromatic rings. The van der Waals surface area contributed by atoms with Gasteiger partial charge >= 0.3 is 59.1 Å². The van der Waals surface area contributed by atoms with Crippen molar-refractivity contribution in [3.63, 3.8) is 0 Å². The Morgan fingerprint density at radius 3 is 1.82 bits per heavy atom. The Hall–Kier alpha value is 1.69. The van der Waals surface area contributed by atoms with Crippen LogP contribution in [-0.2, 0) is 9.09 Å². The molecule has 54 valence electrons. The molecule has 0 fully saturated rings. The average Bonchev–Trinajstić information content (AvgIpc) is 1.59. The Morgan fingerprint density at radius 2 is 1.73 bits per heavy atom. The van der Waals surface area contributed by atoms with E-state index in [1.54, 1.807) is 13.8 Å². The molecule has 0 spiro atoms. The topological polar surface area (TPSA) is 72.4 Å². The minimum atomic E-state index is -4.80. The summed E-state index contributed by atoms with van der Waals surface area (Å²) in [5, 5.41) is 0. The molecule has 0 heterocycles. The summed E-state index contributed by atoms with van der Waals surface area (Å²) in [6.07, 6.45) is 0.904. The third-order valence-electron chi connectivity index (χ3n) is 0.418. The predicted molar refractivity (Wildman–Crippen MR) is 28.1 cm³/mol. The smallest absolute Gasteiger partial charge is 0.780 e. The quantitative estimate of drug-likeness (QED) is 0.250. The molecule has 4 nitrogen and oxygen atoms in total. The molecule has 0 aliphatic carbocycles. The van der Waals surface area contributed by atoms with Crippen LogP contribution in [-0.4, -0.2) is 0 Å². The van der Waals surface area contributed by atoms with Crippen molar-refractivity contribution in [2.75, 3.05) is 0 Å². The van der Waals surface area contributed by atoms with Gasteiger partial charge in [-0.05, 0) is 19.4 Å². The number of phosphoric acid groups is 1. The van der Waals surface area contributed by atoms with E-state index in [1.165, 1.54) is 0 Å². The van der Waals surface area contributed by atoms with Crippen LogP contribution in [0.5, 0.6) is 0 Å². The van der Waals surface area contributed by atoms with E-state index < -0.39 is 7.82 Å². The second kappa shape index (κ2) is 8.30. The molecule has 0 bridgehead atoms. The van der Waals surface area contributed by atoms with Gasteiger partial charge in [-0.3, -0.25) is 0 Å². The molecule has 0 aromatic heterocycles. The van der Waals surface area contributed by atoms with Gasteiger partial charge < -0.3 is 18.9 Å². The molecule has 0 saturated heterocycles. The molecule has 0 unspecified atom stereocenters. The second-order valence-electron chi connectivity index (χ2n) is 1.75. The van der Waals surface area contributed by atoms with Crippen molar-refractivity contribution < 1.29 is 78.0 Å². The molecule has 0 saturated carbocycles. The maximum Gasteiger partial charge on any atom is 1.00 e. The van der Waals surface area contributed by atoms with Crippen molar-refractivity contribution in [2.45, 2.75) is 13.8 Å². The van der Waals surface area contributed by atoms with Gasteiger partial charge in [0.2, 0.25) is 0 Å². The molecular formula is C4H7Na2O4P. The summed E-state index contributed by atoms with van der Waals surface area (Å²) in [7, 11) is -4.80. The Bertz CT molecular complexity index is 159. The van der Waals surface area contributed by atoms with Gasteiger partial charge in [-0.15, -0.1) is 0 Å². The molecule has 0 amide bonds. The predicted octanol–water partition coefficient (Wildman–Crippen LogP) is -6.24. The van der Waals surface area contributed by atoms with Gasteiger partial charge in [-0.1, -0.05) is 0 Å². The second-order valence-corrected chi connectivity index (χ2v) is 2.85. The number of hydrogen-bond donors (Lipinski definition) is 0. The van der Waals surface area contributed by atoms with Gasteiger partial charge in [-0.25, -0.2) is 0 Å². The first-order valence-corrected chi connectivity index (χ1v) is 3.72. The summed E-state index contributed by atoms with van der Waals surface area (Å²) in [5.41, 5.74) is 0.627. The summed E-state index contributed by atoms with van der Waals surface area (Å²) in [5.74, 6) is 0. The molecular weight excluding hydrogens is 189 g/mol. The molecule has 0 aliphatic rings. The van der Waals surface area contributed by atoms with E-state index in [1.807, 2.05) is 0 Å². The van der Waals surface area contributed by atoms with E-state index in [4.69, 9.17) is 0 Å². The molecule has 0 rings (SSSR count). The van der Waals surface area contributed by atoms with E-state index in [9.17, 15) is 14.4 Å². The van der Waals surface area contributed by atoms with Crippen molar-refractivity contribution in [1.29, 1.82) is 0 Å². The number of phosphoric ester groups is 1. The van der Waals surface area contributed by atoms with Gasteiger partial charge in [0, 0.05) is 0 Å². The fraction of sp³-hybridized carbons (Fsp3) is 0.500. The van der Waals surface area contributed by atoms with Crippen LogP contribution in [0.2, 0.25) is 0 Å². The first-order valence-electron chi connectivity index (χ1n) is 2.25. The molecule has 0 radical (unpaired) electrons. The van der Waals surface area contributed by atoms with Crippen molar-refractivity contribution in [3.8, 4) is 0 Å². The maximum atomic E-state index is 9.74. The average molecular weight is 196 g/mol. The van der Waals surface area contributed by atoms with Gasteiger partial charge in [-0.2, -0.15) is 0 Å². The maximum absolute atomic E-state index is 9.74. The molecule has 0 N–H and O–H groups in total. The zero-order chi connectivity index (χ0) is 7.49. The Morgan fingerprint density at radius 1 is 1.36 bits per heavy atom. The fourth-order valence-electron chi connectivity index (χ4n) is 0.170. The number of hydrogen-bond acceptors (Lipinski definition) is 4. The van der Waals surface area contributed by atoms with Gasteiger partial charge in [0.25, 0.3) is 0 Å². The standard InChI is InChI=1S/C4H9O4P.2Na/c1-4(2)3-8-9(5,6)7;;/h3H,1-2H3,(H2,5,6,7);;/q;2*+1/p-2. The van der Waals surface area contributed by atoms with Crippen molar-refractivity contribution >= 4 is 7.82 Å². The zero-order valence-corrected chi connectivity index (χ0v) is 12.1. The summed E-state index contributed by atoms with van der Waals surface area (Å²) in [6, 6.07) is 0. The normalized spacial score (nSPS) is 8.73. The van der Waals surface area contributed by atoms with Crippen LogP contribution in [0.25, 0.3) is 0 Å². The monoisotopic (exact) mass is 196 g/mol. The van der Waals surface area contributed by atoms with Crippen molar-refractivity contribution in [1.82, 2.24) is 0 Å². The summed E-state index contributed by atoms with van der Waals surface area (Å²) >= 11 is 0. The minimum absolute atomic E-state index is 0. The minimum Gasteiger partial charge on any atom is -0.780 e. The Labute approximate surface area is 110 Å². The van der Waals surface area contributed by atoms with Crippen LogP contribution in [0.3, 0.4) is 0 Å². The number of rotatable bonds is 2. The van der Waals surface area contributed by atoms with E-state index in [-0.39, 0.29) is 59.1 Å². The van der Waals surface area contributed by atoms with Crippen molar-refractivity contribution in [3.05, 3.63) is 11.8 Å². The largest absolute Gasteiger partial charge is 1.00 e.